The van der Waals surface area contributed by atoms with Crippen molar-refractivity contribution in [3.63, 3.8) is 0 Å². The summed E-state index contributed by atoms with van der Waals surface area (Å²) in [6.07, 6.45) is 0.493. The van der Waals surface area contributed by atoms with Gasteiger partial charge in [-0.2, -0.15) is 0 Å². The van der Waals surface area contributed by atoms with Gasteiger partial charge in [-0.05, 0) is 101 Å². The molecule has 178 valence electrons. The first kappa shape index (κ1) is 23.6. The van der Waals surface area contributed by atoms with Crippen LogP contribution in [-0.4, -0.2) is 38.6 Å². The highest BCUT2D eigenvalue weighted by molar-refractivity contribution is 14.1. The molecule has 5 heteroatoms. The number of aryl methyl sites for hydroxylation is 4. The minimum absolute atomic E-state index is 0.119. The molecule has 3 aromatic carbocycles. The highest BCUT2D eigenvalue weighted by atomic mass is 127. The van der Waals surface area contributed by atoms with Gasteiger partial charge in [0.25, 0.3) is 0 Å². The fraction of sp³-hybridized carbons (Fsp3) is 0.379. The summed E-state index contributed by atoms with van der Waals surface area (Å²) in [4.78, 5) is 0. The summed E-state index contributed by atoms with van der Waals surface area (Å²) in [6.45, 7) is 11.4. The molecular formula is C29H31IO4. The summed E-state index contributed by atoms with van der Waals surface area (Å²) < 4.78 is 24.1. The maximum atomic E-state index is 6.11. The van der Waals surface area contributed by atoms with E-state index in [2.05, 4.69) is 98.8 Å². The molecule has 3 aromatic rings. The van der Waals surface area contributed by atoms with Gasteiger partial charge in [-0.3, -0.25) is 0 Å². The Balaban J connectivity index is 1.53. The summed E-state index contributed by atoms with van der Waals surface area (Å²) in [5.74, 6) is 2.06. The molecule has 2 saturated heterocycles. The number of rotatable bonds is 9. The van der Waals surface area contributed by atoms with Gasteiger partial charge in [-0.25, -0.2) is 0 Å². The minimum Gasteiger partial charge on any atom is -0.490 e. The van der Waals surface area contributed by atoms with Crippen LogP contribution >= 0.6 is 22.6 Å². The molecule has 0 spiro atoms. The van der Waals surface area contributed by atoms with Crippen LogP contribution in [0.5, 0.6) is 11.5 Å². The molecule has 0 bridgehead atoms. The van der Waals surface area contributed by atoms with Crippen molar-refractivity contribution >= 4 is 22.6 Å². The lowest BCUT2D eigenvalue weighted by Crippen LogP contribution is -2.10. The zero-order valence-corrected chi connectivity index (χ0v) is 22.3. The van der Waals surface area contributed by atoms with Crippen molar-refractivity contribution in [2.24, 2.45) is 0 Å². The monoisotopic (exact) mass is 570 g/mol. The van der Waals surface area contributed by atoms with Crippen LogP contribution in [0.3, 0.4) is 0 Å². The van der Waals surface area contributed by atoms with E-state index >= 15 is 0 Å². The van der Waals surface area contributed by atoms with Crippen LogP contribution in [-0.2, 0) is 9.47 Å². The Morgan fingerprint density at radius 2 is 1.09 bits per heavy atom. The standard InChI is InChI=1S/C29H31IO4/c1-17-9-22(10-18(2)28(17)33-15-25-13-31-25)27(21-5-7-24(30)8-6-21)23-11-19(3)29(20(4)12-23)34-16-26-14-32-26/h5-12,25-27H,13-16H2,1-4H3. The van der Waals surface area contributed by atoms with Gasteiger partial charge >= 0.3 is 0 Å². The largest absolute Gasteiger partial charge is 0.490 e. The van der Waals surface area contributed by atoms with E-state index in [1.807, 2.05) is 0 Å². The van der Waals surface area contributed by atoms with E-state index in [9.17, 15) is 0 Å². The quantitative estimate of drug-likeness (QED) is 0.173. The van der Waals surface area contributed by atoms with Crippen LogP contribution in [0.4, 0.5) is 0 Å². The Labute approximate surface area is 215 Å². The first-order chi connectivity index (χ1) is 16.4. The van der Waals surface area contributed by atoms with Gasteiger partial charge in [0.1, 0.15) is 36.9 Å². The molecule has 34 heavy (non-hydrogen) atoms. The molecule has 0 saturated carbocycles. The third-order valence-corrected chi connectivity index (χ3v) is 7.19. The predicted octanol–water partition coefficient (Wildman–Crippen LogP) is 6.26. The molecule has 2 fully saturated rings. The summed E-state index contributed by atoms with van der Waals surface area (Å²) in [7, 11) is 0. The van der Waals surface area contributed by atoms with E-state index in [0.717, 1.165) is 47.0 Å². The zero-order valence-electron chi connectivity index (χ0n) is 20.2. The molecule has 0 radical (unpaired) electrons. The molecule has 2 aliphatic heterocycles. The fourth-order valence-corrected chi connectivity index (χ4v) is 5.03. The molecule has 2 heterocycles. The lowest BCUT2D eigenvalue weighted by atomic mass is 9.82. The topological polar surface area (TPSA) is 43.5 Å². The van der Waals surface area contributed by atoms with Crippen LogP contribution < -0.4 is 9.47 Å². The minimum atomic E-state index is 0.119. The van der Waals surface area contributed by atoms with E-state index < -0.39 is 0 Å². The Hall–Kier alpha value is -2.09. The predicted molar refractivity (Wildman–Crippen MR) is 142 cm³/mol. The van der Waals surface area contributed by atoms with E-state index in [1.54, 1.807) is 0 Å². The van der Waals surface area contributed by atoms with E-state index in [4.69, 9.17) is 18.9 Å². The van der Waals surface area contributed by atoms with Crippen molar-refractivity contribution in [3.8, 4) is 11.5 Å². The van der Waals surface area contributed by atoms with Crippen LogP contribution in [0.25, 0.3) is 0 Å². The molecule has 2 unspecified atom stereocenters. The summed E-state index contributed by atoms with van der Waals surface area (Å²) >= 11 is 2.36. The van der Waals surface area contributed by atoms with Crippen molar-refractivity contribution in [2.75, 3.05) is 26.4 Å². The average molecular weight is 570 g/mol. The first-order valence-corrected chi connectivity index (χ1v) is 12.9. The highest BCUT2D eigenvalue weighted by Gasteiger charge is 2.26. The van der Waals surface area contributed by atoms with Gasteiger partial charge < -0.3 is 18.9 Å². The van der Waals surface area contributed by atoms with Gasteiger partial charge in [0.15, 0.2) is 0 Å². The molecular weight excluding hydrogens is 539 g/mol. The number of epoxide rings is 2. The molecule has 2 atom stereocenters. The summed E-state index contributed by atoms with van der Waals surface area (Å²) in [5, 5.41) is 0. The van der Waals surface area contributed by atoms with Crippen molar-refractivity contribution in [1.29, 1.82) is 0 Å². The Morgan fingerprint density at radius 1 is 0.706 bits per heavy atom. The third-order valence-electron chi connectivity index (χ3n) is 6.47. The van der Waals surface area contributed by atoms with Crippen LogP contribution in [0.15, 0.2) is 48.5 Å². The Kier molecular flexibility index (Phi) is 6.87. The van der Waals surface area contributed by atoms with Crippen molar-refractivity contribution < 1.29 is 18.9 Å². The van der Waals surface area contributed by atoms with Gasteiger partial charge in [0.05, 0.1) is 13.2 Å². The molecule has 0 amide bonds. The van der Waals surface area contributed by atoms with Crippen LogP contribution in [0.1, 0.15) is 44.9 Å². The second kappa shape index (κ2) is 9.88. The van der Waals surface area contributed by atoms with E-state index in [1.165, 1.54) is 20.3 Å². The maximum Gasteiger partial charge on any atom is 0.125 e. The average Bonchev–Trinajstić information content (AvgIpc) is 3.70. The SMILES string of the molecule is Cc1cc(C(c2ccc(I)cc2)c2cc(C)c(OCC3CO3)c(C)c2)cc(C)c1OCC1CO1. The second-order valence-corrected chi connectivity index (χ2v) is 10.7. The number of hydrogen-bond acceptors (Lipinski definition) is 4. The first-order valence-electron chi connectivity index (χ1n) is 11.9. The summed E-state index contributed by atoms with van der Waals surface area (Å²) in [5.41, 5.74) is 8.44. The van der Waals surface area contributed by atoms with E-state index in [-0.39, 0.29) is 18.1 Å². The smallest absolute Gasteiger partial charge is 0.125 e. The normalized spacial score (nSPS) is 19.6. The number of halogens is 1. The lowest BCUT2D eigenvalue weighted by Gasteiger charge is -2.24. The molecule has 5 rings (SSSR count). The maximum absolute atomic E-state index is 6.11. The Bertz CT molecular complexity index is 1060. The van der Waals surface area contributed by atoms with Crippen LogP contribution in [0, 0.1) is 31.3 Å². The molecule has 0 N–H and O–H groups in total. The number of benzene rings is 3. The Morgan fingerprint density at radius 3 is 1.44 bits per heavy atom. The van der Waals surface area contributed by atoms with Gasteiger partial charge in [0, 0.05) is 9.49 Å². The van der Waals surface area contributed by atoms with Gasteiger partial charge in [0.2, 0.25) is 0 Å². The van der Waals surface area contributed by atoms with Crippen molar-refractivity contribution in [1.82, 2.24) is 0 Å². The third kappa shape index (κ3) is 5.42. The molecule has 2 aliphatic rings. The summed E-state index contributed by atoms with van der Waals surface area (Å²) in [6, 6.07) is 18.0. The zero-order chi connectivity index (χ0) is 23.8. The fourth-order valence-electron chi connectivity index (χ4n) is 4.67. The van der Waals surface area contributed by atoms with Crippen molar-refractivity contribution in [3.05, 3.63) is 91.0 Å². The van der Waals surface area contributed by atoms with Crippen LogP contribution in [0.2, 0.25) is 0 Å². The number of hydrogen-bond donors (Lipinski definition) is 0. The lowest BCUT2D eigenvalue weighted by molar-refractivity contribution is 0.260. The molecule has 4 nitrogen and oxygen atoms in total. The highest BCUT2D eigenvalue weighted by Crippen LogP contribution is 2.39. The van der Waals surface area contributed by atoms with Gasteiger partial charge in [-0.1, -0.05) is 36.4 Å². The second-order valence-electron chi connectivity index (χ2n) is 9.48. The number of ether oxygens (including phenoxy) is 4. The van der Waals surface area contributed by atoms with Gasteiger partial charge in [-0.15, -0.1) is 0 Å². The molecule has 0 aliphatic carbocycles. The van der Waals surface area contributed by atoms with E-state index in [0.29, 0.717) is 13.2 Å². The molecule has 0 aromatic heterocycles. The van der Waals surface area contributed by atoms with Crippen molar-refractivity contribution in [2.45, 2.75) is 45.8 Å².